The molecule has 2 aromatic carbocycles. The van der Waals surface area contributed by atoms with E-state index in [4.69, 9.17) is 9.47 Å². The number of fused-ring (bicyclic) bond motifs is 3. The summed E-state index contributed by atoms with van der Waals surface area (Å²) >= 11 is 1.52. The Labute approximate surface area is 203 Å². The fraction of sp³-hybridized carbons (Fsp3) is 0.400. The second kappa shape index (κ2) is 11.9. The third kappa shape index (κ3) is 5.90. The summed E-state index contributed by atoms with van der Waals surface area (Å²) < 4.78 is 10.6. The number of carboxylic acid groups (broad SMARTS) is 1. The van der Waals surface area contributed by atoms with E-state index in [1.807, 2.05) is 42.7 Å². The molecule has 34 heavy (non-hydrogen) atoms. The highest BCUT2D eigenvalue weighted by molar-refractivity contribution is 7.98. The van der Waals surface area contributed by atoms with Crippen molar-refractivity contribution in [3.63, 3.8) is 0 Å². The Morgan fingerprint density at radius 2 is 1.62 bits per heavy atom. The normalized spacial score (nSPS) is 14.9. The van der Waals surface area contributed by atoms with Crippen LogP contribution in [0.2, 0.25) is 0 Å². The molecule has 0 spiro atoms. The van der Waals surface area contributed by atoms with Gasteiger partial charge >= 0.3 is 12.1 Å². The molecule has 1 aliphatic carbocycles. The van der Waals surface area contributed by atoms with E-state index in [-0.39, 0.29) is 12.5 Å². The molecule has 3 atom stereocenters. The minimum absolute atomic E-state index is 0.101. The maximum atomic E-state index is 12.8. The maximum Gasteiger partial charge on any atom is 0.407 e. The molecular formula is C25H30N2O6S. The predicted octanol–water partition coefficient (Wildman–Crippen LogP) is 3.25. The van der Waals surface area contributed by atoms with Crippen LogP contribution in [0, 0.1) is 0 Å². The topological polar surface area (TPSA) is 114 Å². The zero-order valence-electron chi connectivity index (χ0n) is 19.4. The summed E-state index contributed by atoms with van der Waals surface area (Å²) in [6.07, 6.45) is 0.743. The lowest BCUT2D eigenvalue weighted by atomic mass is 9.98. The van der Waals surface area contributed by atoms with Gasteiger partial charge in [0.25, 0.3) is 0 Å². The first-order chi connectivity index (χ1) is 16.4. The molecule has 3 N–H and O–H groups in total. The van der Waals surface area contributed by atoms with Crippen molar-refractivity contribution in [3.05, 3.63) is 59.7 Å². The fourth-order valence-corrected chi connectivity index (χ4v) is 4.53. The highest BCUT2D eigenvalue weighted by Gasteiger charge is 2.32. The highest BCUT2D eigenvalue weighted by Crippen LogP contribution is 2.44. The standard InChI is InChI=1S/C25H30N2O6S/c1-15(32-2)22(24(29)30)27-23(28)21(12-13-34-3)26-25(31)33-14-20-18-10-6-4-8-16(18)17-9-5-7-11-19(17)20/h4-11,15,20-22H,12-14H2,1-3H3,(H,26,31)(H,27,28)(H,29,30)/t15?,21-,22?/m1/s1. The quantitative estimate of drug-likeness (QED) is 0.447. The van der Waals surface area contributed by atoms with Crippen LogP contribution in [0.3, 0.4) is 0 Å². The second-order valence-corrected chi connectivity index (χ2v) is 9.05. The molecule has 2 aromatic rings. The number of ether oxygens (including phenoxy) is 2. The van der Waals surface area contributed by atoms with Crippen LogP contribution in [0.25, 0.3) is 11.1 Å². The van der Waals surface area contributed by atoms with Crippen LogP contribution in [-0.4, -0.2) is 67.0 Å². The molecule has 182 valence electrons. The van der Waals surface area contributed by atoms with Crippen molar-refractivity contribution < 1.29 is 29.0 Å². The van der Waals surface area contributed by atoms with E-state index < -0.39 is 36.2 Å². The molecule has 0 heterocycles. The molecule has 9 heteroatoms. The number of alkyl carbamates (subject to hydrolysis) is 1. The summed E-state index contributed by atoms with van der Waals surface area (Å²) in [4.78, 5) is 37.0. The van der Waals surface area contributed by atoms with Gasteiger partial charge in [-0.25, -0.2) is 9.59 Å². The zero-order valence-corrected chi connectivity index (χ0v) is 20.3. The predicted molar refractivity (Wildman–Crippen MR) is 131 cm³/mol. The van der Waals surface area contributed by atoms with Gasteiger partial charge in [-0.15, -0.1) is 0 Å². The average Bonchev–Trinajstić information content (AvgIpc) is 3.16. The number of nitrogens with one attached hydrogen (secondary N) is 2. The van der Waals surface area contributed by atoms with Crippen LogP contribution in [0.15, 0.2) is 48.5 Å². The summed E-state index contributed by atoms with van der Waals surface area (Å²) in [5, 5.41) is 14.5. The van der Waals surface area contributed by atoms with Crippen LogP contribution < -0.4 is 10.6 Å². The summed E-state index contributed by atoms with van der Waals surface area (Å²) in [6.45, 7) is 1.67. The zero-order chi connectivity index (χ0) is 24.7. The minimum atomic E-state index is -1.24. The molecule has 0 saturated carbocycles. The third-order valence-corrected chi connectivity index (χ3v) is 6.61. The summed E-state index contributed by atoms with van der Waals surface area (Å²) in [5.41, 5.74) is 4.42. The number of rotatable bonds is 11. The number of aliphatic carboxylic acids is 1. The first-order valence-electron chi connectivity index (χ1n) is 11.0. The van der Waals surface area contributed by atoms with Gasteiger partial charge in [0.2, 0.25) is 5.91 Å². The van der Waals surface area contributed by atoms with E-state index in [9.17, 15) is 19.5 Å². The Kier molecular flexibility index (Phi) is 8.95. The highest BCUT2D eigenvalue weighted by atomic mass is 32.2. The average molecular weight is 487 g/mol. The fourth-order valence-electron chi connectivity index (χ4n) is 4.06. The van der Waals surface area contributed by atoms with Crippen LogP contribution in [-0.2, 0) is 19.1 Å². The third-order valence-electron chi connectivity index (χ3n) is 5.97. The second-order valence-electron chi connectivity index (χ2n) is 8.07. The monoisotopic (exact) mass is 486 g/mol. The van der Waals surface area contributed by atoms with Gasteiger partial charge in [-0.3, -0.25) is 4.79 Å². The number of hydrogen-bond acceptors (Lipinski definition) is 6. The Bertz CT molecular complexity index is 984. The number of benzene rings is 2. The van der Waals surface area contributed by atoms with Gasteiger partial charge in [0.1, 0.15) is 12.6 Å². The lowest BCUT2D eigenvalue weighted by molar-refractivity contribution is -0.145. The van der Waals surface area contributed by atoms with Crippen molar-refractivity contribution in [2.45, 2.75) is 37.5 Å². The number of methoxy groups -OCH3 is 1. The Hall–Kier alpha value is -3.04. The van der Waals surface area contributed by atoms with Crippen molar-refractivity contribution in [1.29, 1.82) is 0 Å². The molecule has 0 fully saturated rings. The molecule has 0 saturated heterocycles. The first-order valence-corrected chi connectivity index (χ1v) is 12.4. The lowest BCUT2D eigenvalue weighted by Gasteiger charge is -2.24. The SMILES string of the molecule is COC(C)C(NC(=O)[C@@H](CCSC)NC(=O)OCC1c2ccccc2-c2ccccc21)C(=O)O. The number of carbonyl (C=O) groups excluding carboxylic acids is 2. The van der Waals surface area contributed by atoms with Crippen LogP contribution in [0.5, 0.6) is 0 Å². The van der Waals surface area contributed by atoms with Crippen LogP contribution >= 0.6 is 11.8 Å². The van der Waals surface area contributed by atoms with Crippen molar-refractivity contribution in [1.82, 2.24) is 10.6 Å². The van der Waals surface area contributed by atoms with Crippen molar-refractivity contribution in [3.8, 4) is 11.1 Å². The number of amides is 2. The van der Waals surface area contributed by atoms with E-state index in [2.05, 4.69) is 22.8 Å². The summed E-state index contributed by atoms with van der Waals surface area (Å²) in [7, 11) is 1.37. The largest absolute Gasteiger partial charge is 0.480 e. The van der Waals surface area contributed by atoms with E-state index in [0.29, 0.717) is 12.2 Å². The molecule has 0 aliphatic heterocycles. The molecule has 3 rings (SSSR count). The maximum absolute atomic E-state index is 12.8. The van der Waals surface area contributed by atoms with E-state index in [1.165, 1.54) is 18.9 Å². The number of carboxylic acids is 1. The van der Waals surface area contributed by atoms with Crippen LogP contribution in [0.4, 0.5) is 4.79 Å². The molecule has 1 aliphatic rings. The number of hydrogen-bond donors (Lipinski definition) is 3. The summed E-state index contributed by atoms with van der Waals surface area (Å²) in [6, 6.07) is 13.9. The number of thioether (sulfide) groups is 1. The lowest BCUT2D eigenvalue weighted by Crippen LogP contribution is -2.55. The Balaban J connectivity index is 1.66. The van der Waals surface area contributed by atoms with Gasteiger partial charge in [0, 0.05) is 13.0 Å². The Morgan fingerprint density at radius 3 is 2.15 bits per heavy atom. The van der Waals surface area contributed by atoms with Gasteiger partial charge in [-0.1, -0.05) is 48.5 Å². The molecule has 8 nitrogen and oxygen atoms in total. The minimum Gasteiger partial charge on any atom is -0.480 e. The molecule has 2 amide bonds. The smallest absolute Gasteiger partial charge is 0.407 e. The van der Waals surface area contributed by atoms with E-state index in [1.54, 1.807) is 6.92 Å². The van der Waals surface area contributed by atoms with Crippen LogP contribution in [0.1, 0.15) is 30.4 Å². The van der Waals surface area contributed by atoms with Gasteiger partial charge in [-0.05, 0) is 47.6 Å². The van der Waals surface area contributed by atoms with Gasteiger partial charge in [0.15, 0.2) is 6.04 Å². The molecule has 0 radical (unpaired) electrons. The van der Waals surface area contributed by atoms with Gasteiger partial charge in [-0.2, -0.15) is 11.8 Å². The first kappa shape index (κ1) is 25.6. The molecule has 2 unspecified atom stereocenters. The summed E-state index contributed by atoms with van der Waals surface area (Å²) in [5.74, 6) is -1.32. The van der Waals surface area contributed by atoms with Gasteiger partial charge < -0.3 is 25.2 Å². The van der Waals surface area contributed by atoms with Gasteiger partial charge in [0.05, 0.1) is 6.10 Å². The molecular weight excluding hydrogens is 456 g/mol. The van der Waals surface area contributed by atoms with Crippen molar-refractivity contribution in [2.24, 2.45) is 0 Å². The molecule has 0 bridgehead atoms. The van der Waals surface area contributed by atoms with Crippen molar-refractivity contribution in [2.75, 3.05) is 25.7 Å². The Morgan fingerprint density at radius 1 is 1.03 bits per heavy atom. The number of carbonyl (C=O) groups is 3. The van der Waals surface area contributed by atoms with E-state index >= 15 is 0 Å². The van der Waals surface area contributed by atoms with E-state index in [0.717, 1.165) is 22.3 Å². The molecule has 0 aromatic heterocycles. The van der Waals surface area contributed by atoms with Crippen molar-refractivity contribution >= 4 is 29.7 Å².